The van der Waals surface area contributed by atoms with Crippen LogP contribution in [0.5, 0.6) is 23.0 Å². The largest absolute Gasteiger partial charge is 0.496 e. The fourth-order valence-electron chi connectivity index (χ4n) is 4.16. The molecule has 3 rings (SSSR count). The SMILES string of the molecule is CCN(CC)CCOc1ccc(NC(=O)Nc2cc(OC)c(OC)c(-c3ccc(C(C)=O)c(OC)c3)c2)cc1. The van der Waals surface area contributed by atoms with E-state index in [2.05, 4.69) is 29.4 Å². The van der Waals surface area contributed by atoms with Gasteiger partial charge in [-0.1, -0.05) is 19.9 Å². The molecule has 0 radical (unpaired) electrons. The number of carbonyl (C=O) groups is 2. The predicted molar refractivity (Wildman–Crippen MR) is 154 cm³/mol. The minimum atomic E-state index is -0.423. The highest BCUT2D eigenvalue weighted by Crippen LogP contribution is 2.42. The van der Waals surface area contributed by atoms with E-state index in [0.717, 1.165) is 30.9 Å². The zero-order chi connectivity index (χ0) is 28.4. The number of ketones is 1. The molecule has 0 saturated heterocycles. The number of nitrogens with one attached hydrogen (secondary N) is 2. The Morgan fingerprint density at radius 1 is 0.795 bits per heavy atom. The molecule has 0 bridgehead atoms. The molecular formula is C30H37N3O6. The highest BCUT2D eigenvalue weighted by molar-refractivity contribution is 6.01. The Labute approximate surface area is 230 Å². The van der Waals surface area contributed by atoms with Gasteiger partial charge >= 0.3 is 6.03 Å². The predicted octanol–water partition coefficient (Wildman–Crippen LogP) is 5.95. The van der Waals surface area contributed by atoms with E-state index in [1.807, 2.05) is 12.1 Å². The van der Waals surface area contributed by atoms with E-state index in [1.54, 1.807) is 49.6 Å². The standard InChI is InChI=1S/C30H37N3O6/c1-7-33(8-2)15-16-39-24-12-10-22(11-13-24)31-30(35)32-23-18-26(29(38-6)28(19-23)37-5)21-9-14-25(20(3)34)27(17-21)36-4/h9-14,17-19H,7-8,15-16H2,1-6H3,(H2,31,32,35). The van der Waals surface area contributed by atoms with Crippen molar-refractivity contribution in [3.8, 4) is 34.1 Å². The Bertz CT molecular complexity index is 1270. The van der Waals surface area contributed by atoms with Crippen molar-refractivity contribution in [1.29, 1.82) is 0 Å². The van der Waals surface area contributed by atoms with Gasteiger partial charge in [0.1, 0.15) is 18.1 Å². The fraction of sp³-hybridized carbons (Fsp3) is 0.333. The molecule has 0 aliphatic heterocycles. The summed E-state index contributed by atoms with van der Waals surface area (Å²) in [6.07, 6.45) is 0. The summed E-state index contributed by atoms with van der Waals surface area (Å²) >= 11 is 0. The van der Waals surface area contributed by atoms with Crippen molar-refractivity contribution in [3.63, 3.8) is 0 Å². The zero-order valence-electron chi connectivity index (χ0n) is 23.4. The Kier molecular flexibility index (Phi) is 10.6. The molecule has 39 heavy (non-hydrogen) atoms. The third-order valence-electron chi connectivity index (χ3n) is 6.31. The molecule has 0 atom stereocenters. The average molecular weight is 536 g/mol. The third kappa shape index (κ3) is 7.64. The number of anilines is 2. The zero-order valence-corrected chi connectivity index (χ0v) is 23.4. The lowest BCUT2D eigenvalue weighted by Gasteiger charge is -2.18. The molecule has 0 aromatic heterocycles. The van der Waals surface area contributed by atoms with Crippen molar-refractivity contribution in [2.24, 2.45) is 0 Å². The number of Topliss-reactive ketones (excluding diaryl/α,β-unsaturated/α-hetero) is 1. The molecule has 0 aliphatic rings. The molecule has 3 aromatic carbocycles. The molecule has 0 spiro atoms. The van der Waals surface area contributed by atoms with E-state index < -0.39 is 6.03 Å². The topological polar surface area (TPSA) is 98.4 Å². The minimum Gasteiger partial charge on any atom is -0.496 e. The summed E-state index contributed by atoms with van der Waals surface area (Å²) in [7, 11) is 4.58. The first-order valence-corrected chi connectivity index (χ1v) is 12.8. The van der Waals surface area contributed by atoms with Crippen LogP contribution < -0.4 is 29.6 Å². The quantitative estimate of drug-likeness (QED) is 0.261. The van der Waals surface area contributed by atoms with Crippen LogP contribution in [0.15, 0.2) is 54.6 Å². The van der Waals surface area contributed by atoms with E-state index in [1.165, 1.54) is 21.1 Å². The molecule has 0 aliphatic carbocycles. The average Bonchev–Trinajstić information content (AvgIpc) is 2.95. The summed E-state index contributed by atoms with van der Waals surface area (Å²) in [5.74, 6) is 2.00. The second-order valence-corrected chi connectivity index (χ2v) is 8.71. The summed E-state index contributed by atoms with van der Waals surface area (Å²) in [4.78, 5) is 27.0. The van der Waals surface area contributed by atoms with E-state index >= 15 is 0 Å². The van der Waals surface area contributed by atoms with Crippen LogP contribution in [0, 0.1) is 0 Å². The van der Waals surface area contributed by atoms with Gasteiger partial charge in [0, 0.05) is 29.5 Å². The third-order valence-corrected chi connectivity index (χ3v) is 6.31. The smallest absolute Gasteiger partial charge is 0.323 e. The van der Waals surface area contributed by atoms with E-state index in [4.69, 9.17) is 18.9 Å². The van der Waals surface area contributed by atoms with Gasteiger partial charge in [-0.05, 0) is 68.0 Å². The number of methoxy groups -OCH3 is 3. The number of benzene rings is 3. The van der Waals surface area contributed by atoms with E-state index in [9.17, 15) is 9.59 Å². The molecular weight excluding hydrogens is 498 g/mol. The maximum atomic E-state index is 12.8. The number of hydrogen-bond acceptors (Lipinski definition) is 7. The van der Waals surface area contributed by atoms with Gasteiger partial charge in [0.05, 0.1) is 26.9 Å². The van der Waals surface area contributed by atoms with Gasteiger partial charge < -0.3 is 34.5 Å². The van der Waals surface area contributed by atoms with Crippen LogP contribution in [-0.4, -0.2) is 64.3 Å². The molecule has 0 saturated carbocycles. The normalized spacial score (nSPS) is 10.6. The molecule has 9 nitrogen and oxygen atoms in total. The molecule has 0 unspecified atom stereocenters. The van der Waals surface area contributed by atoms with E-state index in [0.29, 0.717) is 46.4 Å². The van der Waals surface area contributed by atoms with Gasteiger partial charge in [0.15, 0.2) is 17.3 Å². The molecule has 0 fully saturated rings. The number of rotatable bonds is 13. The monoisotopic (exact) mass is 535 g/mol. The maximum absolute atomic E-state index is 12.8. The van der Waals surface area contributed by atoms with Crippen LogP contribution in [0.2, 0.25) is 0 Å². The lowest BCUT2D eigenvalue weighted by atomic mass is 9.99. The number of carbonyl (C=O) groups excluding carboxylic acids is 2. The van der Waals surface area contributed by atoms with Crippen molar-refractivity contribution in [3.05, 3.63) is 60.2 Å². The molecule has 2 amide bonds. The van der Waals surface area contributed by atoms with Gasteiger partial charge in [0.2, 0.25) is 0 Å². The molecule has 208 valence electrons. The second kappa shape index (κ2) is 14.1. The number of ether oxygens (including phenoxy) is 4. The number of nitrogens with zero attached hydrogens (tertiary/aromatic N) is 1. The number of amides is 2. The molecule has 3 aromatic rings. The van der Waals surface area contributed by atoms with Gasteiger partial charge in [0.25, 0.3) is 0 Å². The molecule has 0 heterocycles. The highest BCUT2D eigenvalue weighted by atomic mass is 16.5. The second-order valence-electron chi connectivity index (χ2n) is 8.71. The fourth-order valence-corrected chi connectivity index (χ4v) is 4.16. The summed E-state index contributed by atoms with van der Waals surface area (Å²) < 4.78 is 22.4. The van der Waals surface area contributed by atoms with Crippen LogP contribution in [0.3, 0.4) is 0 Å². The van der Waals surface area contributed by atoms with Crippen molar-refractivity contribution >= 4 is 23.2 Å². The van der Waals surface area contributed by atoms with Crippen molar-refractivity contribution in [2.75, 3.05) is 58.2 Å². The van der Waals surface area contributed by atoms with Gasteiger partial charge in [-0.25, -0.2) is 4.79 Å². The molecule has 2 N–H and O–H groups in total. The van der Waals surface area contributed by atoms with Crippen molar-refractivity contribution < 1.29 is 28.5 Å². The van der Waals surface area contributed by atoms with Crippen molar-refractivity contribution in [1.82, 2.24) is 4.90 Å². The van der Waals surface area contributed by atoms with E-state index in [-0.39, 0.29) is 5.78 Å². The van der Waals surface area contributed by atoms with Crippen LogP contribution in [0.1, 0.15) is 31.1 Å². The van der Waals surface area contributed by atoms with Crippen molar-refractivity contribution in [2.45, 2.75) is 20.8 Å². The lowest BCUT2D eigenvalue weighted by molar-refractivity contribution is 0.101. The summed E-state index contributed by atoms with van der Waals surface area (Å²) in [6.45, 7) is 9.16. The Morgan fingerprint density at radius 2 is 1.46 bits per heavy atom. The lowest BCUT2D eigenvalue weighted by Crippen LogP contribution is -2.27. The van der Waals surface area contributed by atoms with Gasteiger partial charge in [-0.15, -0.1) is 0 Å². The Morgan fingerprint density at radius 3 is 2.05 bits per heavy atom. The number of likely N-dealkylation sites (N-methyl/N-ethyl adjacent to an activating group) is 1. The number of urea groups is 1. The first kappa shape index (κ1) is 29.3. The van der Waals surface area contributed by atoms with Crippen LogP contribution in [-0.2, 0) is 0 Å². The molecule has 9 heteroatoms. The highest BCUT2D eigenvalue weighted by Gasteiger charge is 2.18. The summed E-state index contributed by atoms with van der Waals surface area (Å²) in [5.41, 5.74) is 2.97. The maximum Gasteiger partial charge on any atom is 0.323 e. The van der Waals surface area contributed by atoms with Crippen LogP contribution in [0.25, 0.3) is 11.1 Å². The van der Waals surface area contributed by atoms with Crippen LogP contribution in [0.4, 0.5) is 16.2 Å². The minimum absolute atomic E-state index is 0.103. The summed E-state index contributed by atoms with van der Waals surface area (Å²) in [6, 6.07) is 15.5. The first-order chi connectivity index (χ1) is 18.8. The van der Waals surface area contributed by atoms with Gasteiger partial charge in [-0.3, -0.25) is 4.79 Å². The number of hydrogen-bond donors (Lipinski definition) is 2. The summed E-state index contributed by atoms with van der Waals surface area (Å²) in [5, 5.41) is 5.68. The van der Waals surface area contributed by atoms with Crippen LogP contribution >= 0.6 is 0 Å². The van der Waals surface area contributed by atoms with Gasteiger partial charge in [-0.2, -0.15) is 0 Å². The Balaban J connectivity index is 1.76. The first-order valence-electron chi connectivity index (χ1n) is 12.8. The Hall–Kier alpha value is -4.24.